The van der Waals surface area contributed by atoms with Crippen LogP contribution in [0.15, 0.2) is 5.38 Å². The first-order chi connectivity index (χ1) is 6.72. The number of aromatic nitrogens is 1. The largest absolute Gasteiger partial charge is 0.314 e. The lowest BCUT2D eigenvalue weighted by Crippen LogP contribution is -2.05. The molecule has 0 aliphatic heterocycles. The van der Waals surface area contributed by atoms with Crippen molar-refractivity contribution >= 4 is 27.3 Å². The van der Waals surface area contributed by atoms with E-state index in [4.69, 9.17) is 0 Å². The first-order valence-electron chi connectivity index (χ1n) is 4.95. The van der Waals surface area contributed by atoms with Crippen LogP contribution in [0.25, 0.3) is 0 Å². The third-order valence-electron chi connectivity index (χ3n) is 2.71. The average Bonchev–Trinajstić information content (AvgIpc) is 2.71. The summed E-state index contributed by atoms with van der Waals surface area (Å²) in [5.41, 5.74) is 1.16. The molecule has 3 unspecified atom stereocenters. The summed E-state index contributed by atoms with van der Waals surface area (Å²) < 4.78 is 0. The van der Waals surface area contributed by atoms with E-state index in [9.17, 15) is 0 Å². The Morgan fingerprint density at radius 3 is 3.07 bits per heavy atom. The van der Waals surface area contributed by atoms with Crippen molar-refractivity contribution < 1.29 is 0 Å². The molecule has 0 amide bonds. The van der Waals surface area contributed by atoms with Crippen LogP contribution in [0.2, 0.25) is 0 Å². The molecule has 3 atom stereocenters. The lowest BCUT2D eigenvalue weighted by Gasteiger charge is -2.03. The molecule has 4 heteroatoms. The van der Waals surface area contributed by atoms with Crippen LogP contribution < -0.4 is 5.32 Å². The Balaban J connectivity index is 2.01. The zero-order valence-electron chi connectivity index (χ0n) is 8.46. The molecule has 1 aliphatic rings. The van der Waals surface area contributed by atoms with Crippen molar-refractivity contribution in [2.24, 2.45) is 11.8 Å². The van der Waals surface area contributed by atoms with E-state index in [-0.39, 0.29) is 0 Å². The van der Waals surface area contributed by atoms with E-state index in [0.29, 0.717) is 4.83 Å². The molecule has 0 bridgehead atoms. The molecule has 1 fully saturated rings. The fraction of sp³-hybridized carbons (Fsp3) is 0.700. The minimum absolute atomic E-state index is 0.480. The highest BCUT2D eigenvalue weighted by Gasteiger charge is 2.40. The fourth-order valence-electron chi connectivity index (χ4n) is 1.65. The number of rotatable bonds is 4. The highest BCUT2D eigenvalue weighted by molar-refractivity contribution is 9.09. The predicted molar refractivity (Wildman–Crippen MR) is 63.8 cm³/mol. The molecular weight excluding hydrogens is 260 g/mol. The quantitative estimate of drug-likeness (QED) is 0.854. The molecule has 1 heterocycles. The van der Waals surface area contributed by atoms with Crippen LogP contribution in [-0.2, 0) is 6.54 Å². The Labute approximate surface area is 97.3 Å². The van der Waals surface area contributed by atoms with Gasteiger partial charge in [-0.05, 0) is 25.3 Å². The Bertz CT molecular complexity index is 313. The molecule has 1 aromatic rings. The SMILES string of the molecule is CNCc1csc(C(Br)C2CC2C)n1. The van der Waals surface area contributed by atoms with Crippen molar-refractivity contribution in [1.29, 1.82) is 0 Å². The zero-order chi connectivity index (χ0) is 10.1. The maximum absolute atomic E-state index is 4.60. The molecule has 78 valence electrons. The van der Waals surface area contributed by atoms with Crippen molar-refractivity contribution in [3.05, 3.63) is 16.1 Å². The van der Waals surface area contributed by atoms with E-state index in [0.717, 1.165) is 24.1 Å². The van der Waals surface area contributed by atoms with Crippen molar-refractivity contribution in [1.82, 2.24) is 10.3 Å². The minimum atomic E-state index is 0.480. The van der Waals surface area contributed by atoms with Gasteiger partial charge in [0, 0.05) is 11.9 Å². The third-order valence-corrected chi connectivity index (χ3v) is 5.10. The summed E-state index contributed by atoms with van der Waals surface area (Å²) in [6.45, 7) is 3.18. The van der Waals surface area contributed by atoms with Gasteiger partial charge in [-0.2, -0.15) is 0 Å². The van der Waals surface area contributed by atoms with Crippen LogP contribution in [0.5, 0.6) is 0 Å². The van der Waals surface area contributed by atoms with E-state index < -0.39 is 0 Å². The minimum Gasteiger partial charge on any atom is -0.314 e. The maximum Gasteiger partial charge on any atom is 0.107 e. The highest BCUT2D eigenvalue weighted by atomic mass is 79.9. The summed E-state index contributed by atoms with van der Waals surface area (Å²) in [5, 5.41) is 6.51. The van der Waals surface area contributed by atoms with Gasteiger partial charge in [0.05, 0.1) is 10.5 Å². The number of nitrogens with zero attached hydrogens (tertiary/aromatic N) is 1. The van der Waals surface area contributed by atoms with Crippen molar-refractivity contribution in [2.45, 2.75) is 24.7 Å². The maximum atomic E-state index is 4.60. The lowest BCUT2D eigenvalue weighted by atomic mass is 10.2. The number of halogens is 1. The normalized spacial score (nSPS) is 27.6. The Morgan fingerprint density at radius 2 is 2.50 bits per heavy atom. The zero-order valence-corrected chi connectivity index (χ0v) is 10.9. The first-order valence-corrected chi connectivity index (χ1v) is 6.75. The Hall–Kier alpha value is 0.0700. The number of hydrogen-bond acceptors (Lipinski definition) is 3. The standard InChI is InChI=1S/C10H15BrN2S/c1-6-3-8(6)9(11)10-13-7(4-12-2)5-14-10/h5-6,8-9,12H,3-4H2,1-2H3. The summed E-state index contributed by atoms with van der Waals surface area (Å²) >= 11 is 5.52. The van der Waals surface area contributed by atoms with E-state index in [1.54, 1.807) is 11.3 Å². The summed E-state index contributed by atoms with van der Waals surface area (Å²) in [5.74, 6) is 1.68. The van der Waals surface area contributed by atoms with E-state index in [1.165, 1.54) is 11.4 Å². The number of thiazole rings is 1. The van der Waals surface area contributed by atoms with Gasteiger partial charge in [-0.25, -0.2) is 4.98 Å². The number of alkyl halides is 1. The summed E-state index contributed by atoms with van der Waals surface area (Å²) in [4.78, 5) is 5.08. The molecule has 0 radical (unpaired) electrons. The predicted octanol–water partition coefficient (Wildman–Crippen LogP) is 2.95. The van der Waals surface area contributed by atoms with Gasteiger partial charge in [0.15, 0.2) is 0 Å². The highest BCUT2D eigenvalue weighted by Crippen LogP contribution is 2.51. The van der Waals surface area contributed by atoms with Gasteiger partial charge < -0.3 is 5.32 Å². The molecule has 0 saturated heterocycles. The van der Waals surface area contributed by atoms with Gasteiger partial charge in [0.25, 0.3) is 0 Å². The van der Waals surface area contributed by atoms with Gasteiger partial charge in [-0.1, -0.05) is 22.9 Å². The topological polar surface area (TPSA) is 24.9 Å². The van der Waals surface area contributed by atoms with Gasteiger partial charge in [0.2, 0.25) is 0 Å². The van der Waals surface area contributed by atoms with Crippen LogP contribution in [-0.4, -0.2) is 12.0 Å². The van der Waals surface area contributed by atoms with E-state index in [2.05, 4.69) is 38.5 Å². The first kappa shape index (κ1) is 10.6. The average molecular weight is 275 g/mol. The second-order valence-corrected chi connectivity index (χ2v) is 5.86. The third kappa shape index (κ3) is 2.18. The van der Waals surface area contributed by atoms with Gasteiger partial charge >= 0.3 is 0 Å². The molecule has 0 spiro atoms. The van der Waals surface area contributed by atoms with Crippen LogP contribution in [0.4, 0.5) is 0 Å². The molecule has 1 N–H and O–H groups in total. The second-order valence-electron chi connectivity index (χ2n) is 3.99. The molecule has 2 rings (SSSR count). The van der Waals surface area contributed by atoms with Crippen molar-refractivity contribution in [3.8, 4) is 0 Å². The Morgan fingerprint density at radius 1 is 1.79 bits per heavy atom. The second kappa shape index (κ2) is 4.29. The van der Waals surface area contributed by atoms with Crippen LogP contribution in [0.3, 0.4) is 0 Å². The molecular formula is C10H15BrN2S. The van der Waals surface area contributed by atoms with Gasteiger partial charge in [0.1, 0.15) is 5.01 Å². The van der Waals surface area contributed by atoms with Gasteiger partial charge in [-0.3, -0.25) is 0 Å². The van der Waals surface area contributed by atoms with Gasteiger partial charge in [-0.15, -0.1) is 11.3 Å². The van der Waals surface area contributed by atoms with Crippen molar-refractivity contribution in [3.63, 3.8) is 0 Å². The van der Waals surface area contributed by atoms with Crippen LogP contribution >= 0.6 is 27.3 Å². The van der Waals surface area contributed by atoms with Crippen molar-refractivity contribution in [2.75, 3.05) is 7.05 Å². The van der Waals surface area contributed by atoms with E-state index in [1.807, 2.05) is 7.05 Å². The molecule has 1 saturated carbocycles. The molecule has 2 nitrogen and oxygen atoms in total. The van der Waals surface area contributed by atoms with Crippen LogP contribution in [0.1, 0.15) is 28.9 Å². The molecule has 1 aliphatic carbocycles. The van der Waals surface area contributed by atoms with Crippen LogP contribution in [0, 0.1) is 11.8 Å². The smallest absolute Gasteiger partial charge is 0.107 e. The number of nitrogens with one attached hydrogen (secondary N) is 1. The summed E-state index contributed by atoms with van der Waals surface area (Å²) in [7, 11) is 1.95. The monoisotopic (exact) mass is 274 g/mol. The summed E-state index contributed by atoms with van der Waals surface area (Å²) in [6, 6.07) is 0. The molecule has 1 aromatic heterocycles. The molecule has 0 aromatic carbocycles. The summed E-state index contributed by atoms with van der Waals surface area (Å²) in [6.07, 6.45) is 1.34. The fourth-order valence-corrected chi connectivity index (χ4v) is 3.68. The lowest BCUT2D eigenvalue weighted by molar-refractivity contribution is 0.726. The van der Waals surface area contributed by atoms with E-state index >= 15 is 0 Å². The Kier molecular flexibility index (Phi) is 3.24. The number of hydrogen-bond donors (Lipinski definition) is 1. The molecule has 14 heavy (non-hydrogen) atoms.